The fourth-order valence-corrected chi connectivity index (χ4v) is 4.14. The van der Waals surface area contributed by atoms with E-state index >= 15 is 0 Å². The predicted molar refractivity (Wildman–Crippen MR) is 86.8 cm³/mol. The smallest absolute Gasteiger partial charge is 0.147 e. The number of nitrogens with one attached hydrogen (secondary N) is 1. The second kappa shape index (κ2) is 9.04. The van der Waals surface area contributed by atoms with Crippen LogP contribution < -0.4 is 5.32 Å². The third-order valence-corrected chi connectivity index (χ3v) is 5.59. The van der Waals surface area contributed by atoms with Crippen molar-refractivity contribution >= 4 is 9.84 Å². The molecule has 3 nitrogen and oxygen atoms in total. The van der Waals surface area contributed by atoms with Gasteiger partial charge < -0.3 is 5.32 Å². The van der Waals surface area contributed by atoms with Crippen LogP contribution in [0.2, 0.25) is 0 Å². The minimum absolute atomic E-state index is 0.323. The normalized spacial score (nSPS) is 25.6. The summed E-state index contributed by atoms with van der Waals surface area (Å²) >= 11 is 0. The summed E-state index contributed by atoms with van der Waals surface area (Å²) in [5, 5.41) is 3.59. The molecular weight excluding hydrogens is 270 g/mol. The Hall–Kier alpha value is -0.0900. The van der Waals surface area contributed by atoms with E-state index in [1.54, 1.807) is 0 Å². The molecule has 0 aliphatic heterocycles. The number of rotatable bonds is 9. The highest BCUT2D eigenvalue weighted by Crippen LogP contribution is 2.34. The van der Waals surface area contributed by atoms with Crippen LogP contribution in [-0.2, 0) is 9.84 Å². The lowest BCUT2D eigenvalue weighted by Crippen LogP contribution is -2.39. The highest BCUT2D eigenvalue weighted by atomic mass is 32.2. The van der Waals surface area contributed by atoms with E-state index in [1.165, 1.54) is 44.8 Å². The zero-order valence-electron chi connectivity index (χ0n) is 13.5. The van der Waals surface area contributed by atoms with E-state index in [0.29, 0.717) is 17.7 Å². The summed E-state index contributed by atoms with van der Waals surface area (Å²) in [5.41, 5.74) is 0. The Morgan fingerprint density at radius 3 is 2.25 bits per heavy atom. The first-order valence-corrected chi connectivity index (χ1v) is 10.4. The van der Waals surface area contributed by atoms with Crippen molar-refractivity contribution in [2.24, 2.45) is 11.8 Å². The molecule has 1 fully saturated rings. The lowest BCUT2D eigenvalue weighted by Gasteiger charge is -2.34. The van der Waals surface area contributed by atoms with Gasteiger partial charge in [0.05, 0.1) is 5.75 Å². The molecule has 1 atom stereocenters. The topological polar surface area (TPSA) is 46.2 Å². The number of hydrogen-bond donors (Lipinski definition) is 1. The van der Waals surface area contributed by atoms with E-state index in [4.69, 9.17) is 0 Å². The summed E-state index contributed by atoms with van der Waals surface area (Å²) in [6.07, 6.45) is 11.1. The van der Waals surface area contributed by atoms with Crippen LogP contribution in [0.3, 0.4) is 0 Å². The predicted octanol–water partition coefficient (Wildman–Crippen LogP) is 3.40. The quantitative estimate of drug-likeness (QED) is 0.710. The second-order valence-corrected chi connectivity index (χ2v) is 8.81. The van der Waals surface area contributed by atoms with Crippen LogP contribution in [0.4, 0.5) is 0 Å². The number of sulfone groups is 1. The van der Waals surface area contributed by atoms with Crippen molar-refractivity contribution < 1.29 is 8.42 Å². The lowest BCUT2D eigenvalue weighted by atomic mass is 9.76. The molecule has 0 aromatic carbocycles. The summed E-state index contributed by atoms with van der Waals surface area (Å²) in [4.78, 5) is 0. The third-order valence-electron chi connectivity index (χ3n) is 4.61. The largest absolute Gasteiger partial charge is 0.314 e. The average Bonchev–Trinajstić information content (AvgIpc) is 2.39. The number of hydrogen-bond acceptors (Lipinski definition) is 3. The van der Waals surface area contributed by atoms with Gasteiger partial charge in [-0.2, -0.15) is 0 Å². The molecule has 0 spiro atoms. The maximum absolute atomic E-state index is 11.4. The molecule has 0 saturated heterocycles. The Bertz CT molecular complexity index is 345. The van der Waals surface area contributed by atoms with Crippen LogP contribution in [0.1, 0.15) is 65.2 Å². The molecule has 0 radical (unpaired) electrons. The van der Waals surface area contributed by atoms with Gasteiger partial charge in [0, 0.05) is 12.3 Å². The van der Waals surface area contributed by atoms with Crippen molar-refractivity contribution in [1.29, 1.82) is 0 Å². The van der Waals surface area contributed by atoms with Gasteiger partial charge in [-0.3, -0.25) is 0 Å². The van der Waals surface area contributed by atoms with Crippen molar-refractivity contribution in [2.45, 2.75) is 71.3 Å². The van der Waals surface area contributed by atoms with E-state index < -0.39 is 9.84 Å². The monoisotopic (exact) mass is 303 g/mol. The maximum atomic E-state index is 11.4. The minimum Gasteiger partial charge on any atom is -0.314 e. The van der Waals surface area contributed by atoms with Crippen molar-refractivity contribution in [3.8, 4) is 0 Å². The van der Waals surface area contributed by atoms with Crippen LogP contribution in [0.15, 0.2) is 0 Å². The fourth-order valence-electron chi connectivity index (χ4n) is 3.46. The molecule has 1 aliphatic carbocycles. The van der Waals surface area contributed by atoms with Gasteiger partial charge >= 0.3 is 0 Å². The lowest BCUT2D eigenvalue weighted by molar-refractivity contribution is 0.210. The fraction of sp³-hybridized carbons (Fsp3) is 1.00. The summed E-state index contributed by atoms with van der Waals surface area (Å²) in [5.74, 6) is 1.91. The van der Waals surface area contributed by atoms with Crippen LogP contribution >= 0.6 is 0 Å². The first kappa shape index (κ1) is 18.0. The van der Waals surface area contributed by atoms with Gasteiger partial charge in [-0.25, -0.2) is 8.42 Å². The molecule has 1 rings (SSSR count). The molecule has 0 aromatic rings. The van der Waals surface area contributed by atoms with Gasteiger partial charge in [0.2, 0.25) is 0 Å². The second-order valence-electron chi connectivity index (χ2n) is 6.55. The molecule has 120 valence electrons. The SMILES string of the molecule is CCCNC(CCS(C)(=O)=O)C1CCC(CCC)CC1. The Balaban J connectivity index is 2.47. The Morgan fingerprint density at radius 2 is 1.75 bits per heavy atom. The van der Waals surface area contributed by atoms with E-state index in [1.807, 2.05) is 0 Å². The molecule has 20 heavy (non-hydrogen) atoms. The Morgan fingerprint density at radius 1 is 1.10 bits per heavy atom. The minimum atomic E-state index is -2.84. The van der Waals surface area contributed by atoms with E-state index in [2.05, 4.69) is 19.2 Å². The van der Waals surface area contributed by atoms with E-state index in [-0.39, 0.29) is 0 Å². The molecule has 0 aromatic heterocycles. The molecular formula is C16H33NO2S. The van der Waals surface area contributed by atoms with Crippen LogP contribution in [0.25, 0.3) is 0 Å². The van der Waals surface area contributed by atoms with Crippen molar-refractivity contribution in [1.82, 2.24) is 5.32 Å². The zero-order valence-corrected chi connectivity index (χ0v) is 14.3. The van der Waals surface area contributed by atoms with Crippen molar-refractivity contribution in [3.63, 3.8) is 0 Å². The van der Waals surface area contributed by atoms with Crippen LogP contribution in [0.5, 0.6) is 0 Å². The van der Waals surface area contributed by atoms with Gasteiger partial charge in [0.1, 0.15) is 9.84 Å². The van der Waals surface area contributed by atoms with Gasteiger partial charge in [-0.15, -0.1) is 0 Å². The van der Waals surface area contributed by atoms with Gasteiger partial charge in [0.25, 0.3) is 0 Å². The molecule has 1 N–H and O–H groups in total. The first-order chi connectivity index (χ1) is 9.46. The average molecular weight is 304 g/mol. The highest BCUT2D eigenvalue weighted by molar-refractivity contribution is 7.90. The van der Waals surface area contributed by atoms with E-state index in [0.717, 1.165) is 25.3 Å². The van der Waals surface area contributed by atoms with Gasteiger partial charge in [0.15, 0.2) is 0 Å². The van der Waals surface area contributed by atoms with E-state index in [9.17, 15) is 8.42 Å². The molecule has 1 unspecified atom stereocenters. The Labute approximate surface area is 125 Å². The molecule has 0 amide bonds. The van der Waals surface area contributed by atoms with Crippen molar-refractivity contribution in [2.75, 3.05) is 18.6 Å². The van der Waals surface area contributed by atoms with Crippen molar-refractivity contribution in [3.05, 3.63) is 0 Å². The van der Waals surface area contributed by atoms with Gasteiger partial charge in [-0.05, 0) is 44.1 Å². The maximum Gasteiger partial charge on any atom is 0.147 e. The molecule has 1 saturated carbocycles. The standard InChI is InChI=1S/C16H33NO2S/c1-4-6-14-7-9-15(10-8-14)16(17-12-5-2)11-13-20(3,18)19/h14-17H,4-13H2,1-3H3. The summed E-state index contributed by atoms with van der Waals surface area (Å²) < 4.78 is 22.8. The van der Waals surface area contributed by atoms with Crippen LogP contribution in [0, 0.1) is 11.8 Å². The Kier molecular flexibility index (Phi) is 8.11. The molecule has 0 heterocycles. The summed E-state index contributed by atoms with van der Waals surface area (Å²) in [6, 6.07) is 0.396. The van der Waals surface area contributed by atoms with Crippen LogP contribution in [-0.4, -0.2) is 33.0 Å². The van der Waals surface area contributed by atoms with Gasteiger partial charge in [-0.1, -0.05) is 39.5 Å². The first-order valence-electron chi connectivity index (χ1n) is 8.37. The molecule has 4 heteroatoms. The molecule has 1 aliphatic rings. The molecule has 0 bridgehead atoms. The summed E-state index contributed by atoms with van der Waals surface area (Å²) in [6.45, 7) is 5.44. The summed E-state index contributed by atoms with van der Waals surface area (Å²) in [7, 11) is -2.84. The zero-order chi connectivity index (χ0) is 15.0. The highest BCUT2D eigenvalue weighted by Gasteiger charge is 2.27. The third kappa shape index (κ3) is 7.07.